The van der Waals surface area contributed by atoms with Crippen molar-refractivity contribution < 1.29 is 13.2 Å². The molecule has 1 amide bonds. The smallest absolute Gasteiger partial charge is 0.241 e. The lowest BCUT2D eigenvalue weighted by molar-refractivity contribution is -0.121. The van der Waals surface area contributed by atoms with Crippen LogP contribution in [0.4, 0.5) is 0 Å². The molecule has 3 aromatic rings. The number of rotatable bonds is 9. The zero-order valence-electron chi connectivity index (χ0n) is 16.8. The van der Waals surface area contributed by atoms with Crippen molar-refractivity contribution in [3.8, 4) is 0 Å². The molecule has 7 heteroatoms. The predicted molar refractivity (Wildman–Crippen MR) is 116 cm³/mol. The second-order valence-electron chi connectivity index (χ2n) is 7.03. The minimum atomic E-state index is -3.63. The van der Waals surface area contributed by atoms with Gasteiger partial charge in [0.15, 0.2) is 0 Å². The van der Waals surface area contributed by atoms with Crippen molar-refractivity contribution in [2.45, 2.75) is 37.2 Å². The summed E-state index contributed by atoms with van der Waals surface area (Å²) >= 11 is 0. The SMILES string of the molecule is C[C@@H](NS(=O)(=O)c1ccc(CCC(=O)NCc2ccncc2)cc1)c1ccccc1. The molecule has 0 aliphatic rings. The van der Waals surface area contributed by atoms with Crippen LogP contribution in [0.5, 0.6) is 0 Å². The summed E-state index contributed by atoms with van der Waals surface area (Å²) in [5.41, 5.74) is 2.80. The molecule has 0 bridgehead atoms. The molecule has 0 unspecified atom stereocenters. The Morgan fingerprint density at radius 3 is 2.27 bits per heavy atom. The number of nitrogens with one attached hydrogen (secondary N) is 2. The summed E-state index contributed by atoms with van der Waals surface area (Å²) in [5, 5.41) is 2.87. The molecule has 0 saturated heterocycles. The highest BCUT2D eigenvalue weighted by atomic mass is 32.2. The van der Waals surface area contributed by atoms with Crippen molar-refractivity contribution in [2.75, 3.05) is 0 Å². The van der Waals surface area contributed by atoms with Crippen LogP contribution in [0.1, 0.15) is 36.1 Å². The van der Waals surface area contributed by atoms with Gasteiger partial charge in [0, 0.05) is 31.4 Å². The molecule has 0 aliphatic carbocycles. The zero-order valence-corrected chi connectivity index (χ0v) is 17.6. The first kappa shape index (κ1) is 21.7. The molecule has 0 saturated carbocycles. The first-order valence-electron chi connectivity index (χ1n) is 9.76. The van der Waals surface area contributed by atoms with Crippen LogP contribution in [-0.4, -0.2) is 19.3 Å². The van der Waals surface area contributed by atoms with Crippen LogP contribution in [0.2, 0.25) is 0 Å². The van der Waals surface area contributed by atoms with E-state index in [0.29, 0.717) is 19.4 Å². The molecule has 2 aromatic carbocycles. The number of carbonyl (C=O) groups excluding carboxylic acids is 1. The molecule has 30 heavy (non-hydrogen) atoms. The maximum atomic E-state index is 12.6. The van der Waals surface area contributed by atoms with Gasteiger partial charge in [-0.3, -0.25) is 9.78 Å². The van der Waals surface area contributed by atoms with E-state index in [-0.39, 0.29) is 16.8 Å². The van der Waals surface area contributed by atoms with Gasteiger partial charge in [0.25, 0.3) is 0 Å². The maximum absolute atomic E-state index is 12.6. The highest BCUT2D eigenvalue weighted by Crippen LogP contribution is 2.17. The zero-order chi connectivity index (χ0) is 21.4. The van der Waals surface area contributed by atoms with Crippen molar-refractivity contribution in [1.29, 1.82) is 0 Å². The highest BCUT2D eigenvalue weighted by molar-refractivity contribution is 7.89. The van der Waals surface area contributed by atoms with Crippen molar-refractivity contribution >= 4 is 15.9 Å². The van der Waals surface area contributed by atoms with E-state index < -0.39 is 10.0 Å². The van der Waals surface area contributed by atoms with Gasteiger partial charge >= 0.3 is 0 Å². The van der Waals surface area contributed by atoms with Gasteiger partial charge in [-0.1, -0.05) is 42.5 Å². The van der Waals surface area contributed by atoms with Crippen LogP contribution < -0.4 is 10.0 Å². The summed E-state index contributed by atoms with van der Waals surface area (Å²) in [6.07, 6.45) is 4.25. The largest absolute Gasteiger partial charge is 0.352 e. The number of nitrogens with zero attached hydrogens (tertiary/aromatic N) is 1. The molecule has 1 heterocycles. The van der Waals surface area contributed by atoms with Crippen molar-refractivity contribution in [1.82, 2.24) is 15.0 Å². The average molecular weight is 424 g/mol. The number of aryl methyl sites for hydroxylation is 1. The van der Waals surface area contributed by atoms with Gasteiger partial charge in [-0.05, 0) is 54.3 Å². The summed E-state index contributed by atoms with van der Waals surface area (Å²) < 4.78 is 28.0. The normalized spacial score (nSPS) is 12.3. The van der Waals surface area contributed by atoms with E-state index in [1.807, 2.05) is 49.4 Å². The Morgan fingerprint density at radius 2 is 1.60 bits per heavy atom. The fourth-order valence-corrected chi connectivity index (χ4v) is 4.23. The van der Waals surface area contributed by atoms with Crippen molar-refractivity contribution in [3.63, 3.8) is 0 Å². The third-order valence-corrected chi connectivity index (χ3v) is 6.30. The lowest BCUT2D eigenvalue weighted by atomic mass is 10.1. The van der Waals surface area contributed by atoms with Crippen LogP contribution in [0.3, 0.4) is 0 Å². The molecule has 0 fully saturated rings. The molecule has 1 aromatic heterocycles. The van der Waals surface area contributed by atoms with Gasteiger partial charge in [0.1, 0.15) is 0 Å². The highest BCUT2D eigenvalue weighted by Gasteiger charge is 2.18. The number of benzene rings is 2. The summed E-state index contributed by atoms with van der Waals surface area (Å²) in [7, 11) is -3.63. The quantitative estimate of drug-likeness (QED) is 0.552. The Morgan fingerprint density at radius 1 is 0.933 bits per heavy atom. The average Bonchev–Trinajstić information content (AvgIpc) is 2.77. The molecule has 0 spiro atoms. The Bertz CT molecular complexity index is 1050. The van der Waals surface area contributed by atoms with E-state index in [2.05, 4.69) is 15.0 Å². The standard InChI is InChI=1S/C23H25N3O3S/c1-18(21-5-3-2-4-6-21)26-30(28,29)22-10-7-19(8-11-22)9-12-23(27)25-17-20-13-15-24-16-14-20/h2-8,10-11,13-16,18,26H,9,12,17H2,1H3,(H,25,27)/t18-/m1/s1. The third kappa shape index (κ3) is 6.23. The Balaban J connectivity index is 1.52. The second kappa shape index (κ2) is 10.1. The van der Waals surface area contributed by atoms with Crippen molar-refractivity contribution in [2.24, 2.45) is 0 Å². The molecule has 156 valence electrons. The number of amides is 1. The van der Waals surface area contributed by atoms with Gasteiger partial charge in [-0.15, -0.1) is 0 Å². The van der Waals surface area contributed by atoms with Gasteiger partial charge in [-0.2, -0.15) is 0 Å². The van der Waals surface area contributed by atoms with Crippen LogP contribution in [0.25, 0.3) is 0 Å². The van der Waals surface area contributed by atoms with E-state index in [0.717, 1.165) is 16.7 Å². The number of hydrogen-bond acceptors (Lipinski definition) is 4. The number of hydrogen-bond donors (Lipinski definition) is 2. The van der Waals surface area contributed by atoms with Crippen LogP contribution in [-0.2, 0) is 27.8 Å². The molecule has 0 aliphatic heterocycles. The minimum absolute atomic E-state index is 0.0538. The number of pyridine rings is 1. The van der Waals surface area contributed by atoms with E-state index in [9.17, 15) is 13.2 Å². The van der Waals surface area contributed by atoms with E-state index in [1.165, 1.54) is 0 Å². The Labute approximate surface area is 177 Å². The van der Waals surface area contributed by atoms with Crippen molar-refractivity contribution in [3.05, 3.63) is 95.8 Å². The second-order valence-corrected chi connectivity index (χ2v) is 8.74. The molecule has 2 N–H and O–H groups in total. The number of sulfonamides is 1. The summed E-state index contributed by atoms with van der Waals surface area (Å²) in [5.74, 6) is -0.0538. The van der Waals surface area contributed by atoms with Gasteiger partial charge in [0.05, 0.1) is 4.90 Å². The Kier molecular flexibility index (Phi) is 7.32. The predicted octanol–water partition coefficient (Wildman–Crippen LogP) is 3.37. The fraction of sp³-hybridized carbons (Fsp3) is 0.217. The third-order valence-electron chi connectivity index (χ3n) is 4.74. The Hall–Kier alpha value is -3.03. The van der Waals surface area contributed by atoms with Gasteiger partial charge in [0.2, 0.25) is 15.9 Å². The van der Waals surface area contributed by atoms with Crippen LogP contribution in [0.15, 0.2) is 84.0 Å². The van der Waals surface area contributed by atoms with E-state index in [4.69, 9.17) is 0 Å². The van der Waals surface area contributed by atoms with Gasteiger partial charge < -0.3 is 5.32 Å². The lowest BCUT2D eigenvalue weighted by Crippen LogP contribution is -2.26. The van der Waals surface area contributed by atoms with Crippen LogP contribution in [0, 0.1) is 0 Å². The topological polar surface area (TPSA) is 88.2 Å². The minimum Gasteiger partial charge on any atom is -0.352 e. The number of aromatic nitrogens is 1. The first-order valence-corrected chi connectivity index (χ1v) is 11.2. The maximum Gasteiger partial charge on any atom is 0.241 e. The van der Waals surface area contributed by atoms with Crippen LogP contribution >= 0.6 is 0 Å². The molecule has 0 radical (unpaired) electrons. The van der Waals surface area contributed by atoms with E-state index in [1.54, 1.807) is 36.7 Å². The fourth-order valence-electron chi connectivity index (χ4n) is 2.99. The summed E-state index contributed by atoms with van der Waals surface area (Å²) in [6.45, 7) is 2.27. The molecular weight excluding hydrogens is 398 g/mol. The molecular formula is C23H25N3O3S. The molecule has 3 rings (SSSR count). The summed E-state index contributed by atoms with van der Waals surface area (Å²) in [4.78, 5) is 16.2. The number of carbonyl (C=O) groups is 1. The lowest BCUT2D eigenvalue weighted by Gasteiger charge is -2.15. The first-order chi connectivity index (χ1) is 14.4. The van der Waals surface area contributed by atoms with Gasteiger partial charge in [-0.25, -0.2) is 13.1 Å². The molecule has 1 atom stereocenters. The summed E-state index contributed by atoms with van der Waals surface area (Å²) in [6, 6.07) is 19.4. The molecule has 6 nitrogen and oxygen atoms in total. The van der Waals surface area contributed by atoms with E-state index >= 15 is 0 Å². The monoisotopic (exact) mass is 423 g/mol.